The fraction of sp³-hybridized carbons (Fsp3) is 1.00. The lowest BCUT2D eigenvalue weighted by atomic mass is 10.1. The second kappa shape index (κ2) is 11.1. The van der Waals surface area contributed by atoms with Crippen molar-refractivity contribution in [2.75, 3.05) is 0 Å². The third kappa shape index (κ3) is 8.65. The van der Waals surface area contributed by atoms with Gasteiger partial charge in [-0.2, -0.15) is 0 Å². The molecule has 14 heavy (non-hydrogen) atoms. The van der Waals surface area contributed by atoms with E-state index in [2.05, 4.69) is 13.8 Å². The topological polar surface area (TPSA) is 26.3 Å². The lowest BCUT2D eigenvalue weighted by Gasteiger charge is -2.08. The summed E-state index contributed by atoms with van der Waals surface area (Å²) >= 11 is 0. The summed E-state index contributed by atoms with van der Waals surface area (Å²) in [6.45, 7) is 4.39. The summed E-state index contributed by atoms with van der Waals surface area (Å²) in [6.07, 6.45) is 9.83. The molecule has 0 spiro atoms. The van der Waals surface area contributed by atoms with Crippen molar-refractivity contribution in [2.24, 2.45) is 0 Å². The highest BCUT2D eigenvalue weighted by Gasteiger charge is 2.12. The molecule has 0 aromatic heterocycles. The molecule has 0 rings (SSSR count). The van der Waals surface area contributed by atoms with Gasteiger partial charge in [-0.1, -0.05) is 52.4 Å². The van der Waals surface area contributed by atoms with Gasteiger partial charge in [-0.3, -0.25) is 0 Å². The lowest BCUT2D eigenvalue weighted by Crippen LogP contribution is -2.07. The van der Waals surface area contributed by atoms with Crippen LogP contribution in [-0.4, -0.2) is 6.10 Å². The summed E-state index contributed by atoms with van der Waals surface area (Å²) in [4.78, 5) is 0. The molecule has 0 aliphatic heterocycles. The highest BCUT2D eigenvalue weighted by atomic mass is 31.1. The molecule has 0 fully saturated rings. The van der Waals surface area contributed by atoms with Gasteiger partial charge in [-0.05, 0) is 17.4 Å². The van der Waals surface area contributed by atoms with Gasteiger partial charge in [0.05, 0.1) is 0 Å². The second-order valence-corrected chi connectivity index (χ2v) is 4.22. The van der Waals surface area contributed by atoms with Crippen molar-refractivity contribution < 1.29 is 9.09 Å². The highest BCUT2D eigenvalue weighted by Crippen LogP contribution is 2.17. The van der Waals surface area contributed by atoms with Crippen LogP contribution in [0.1, 0.15) is 65.2 Å². The smallest absolute Gasteiger partial charge is 0.145 e. The first-order valence-electron chi connectivity index (χ1n) is 5.87. The van der Waals surface area contributed by atoms with Crippen LogP contribution in [0, 0.1) is 0 Å². The summed E-state index contributed by atoms with van der Waals surface area (Å²) in [6, 6.07) is 0. The van der Waals surface area contributed by atoms with Gasteiger partial charge >= 0.3 is 8.69 Å². The van der Waals surface area contributed by atoms with E-state index in [9.17, 15) is 4.57 Å². The quantitative estimate of drug-likeness (QED) is 0.400. The Balaban J connectivity index is 3.45. The maximum atomic E-state index is 10.4. The molecule has 0 radical (unpaired) electrons. The zero-order valence-electron chi connectivity index (χ0n) is 9.55. The largest absolute Gasteiger partial charge is 0.494 e. The molecule has 2 unspecified atom stereocenters. The summed E-state index contributed by atoms with van der Waals surface area (Å²) in [7, 11) is -0.588. The van der Waals surface area contributed by atoms with E-state index in [-0.39, 0.29) is 6.10 Å². The molecular weight excluding hydrogens is 195 g/mol. The van der Waals surface area contributed by atoms with E-state index in [0.29, 0.717) is 0 Å². The van der Waals surface area contributed by atoms with Crippen LogP contribution in [0.3, 0.4) is 0 Å². The van der Waals surface area contributed by atoms with Gasteiger partial charge in [-0.15, -0.1) is 4.52 Å². The molecule has 0 saturated carbocycles. The van der Waals surface area contributed by atoms with Crippen molar-refractivity contribution in [2.45, 2.75) is 71.3 Å². The van der Waals surface area contributed by atoms with Crippen LogP contribution in [0.25, 0.3) is 0 Å². The fourth-order valence-corrected chi connectivity index (χ4v) is 1.93. The third-order valence-corrected chi connectivity index (χ3v) is 2.90. The molecule has 0 N–H and O–H groups in total. The van der Waals surface area contributed by atoms with Crippen LogP contribution in [0.5, 0.6) is 0 Å². The van der Waals surface area contributed by atoms with E-state index >= 15 is 0 Å². The maximum Gasteiger partial charge on any atom is 0.494 e. The summed E-state index contributed by atoms with van der Waals surface area (Å²) in [5.41, 5.74) is 0. The molecule has 0 heterocycles. The lowest BCUT2D eigenvalue weighted by molar-refractivity contribution is 0.193. The van der Waals surface area contributed by atoms with E-state index in [0.717, 1.165) is 12.8 Å². The average molecular weight is 219 g/mol. The predicted molar refractivity (Wildman–Crippen MR) is 62.2 cm³/mol. The average Bonchev–Trinajstić information content (AvgIpc) is 2.20. The molecule has 84 valence electrons. The molecular formula is C11H24O2P+. The highest BCUT2D eigenvalue weighted by molar-refractivity contribution is 7.17. The third-order valence-electron chi connectivity index (χ3n) is 2.47. The second-order valence-electron chi connectivity index (χ2n) is 3.81. The van der Waals surface area contributed by atoms with E-state index < -0.39 is 8.69 Å². The molecule has 0 bridgehead atoms. The van der Waals surface area contributed by atoms with Crippen molar-refractivity contribution in [3.05, 3.63) is 0 Å². The van der Waals surface area contributed by atoms with Gasteiger partial charge in [0.1, 0.15) is 6.10 Å². The van der Waals surface area contributed by atoms with Crippen molar-refractivity contribution in [3.63, 3.8) is 0 Å². The first kappa shape index (κ1) is 14.1. The zero-order valence-corrected chi connectivity index (χ0v) is 10.6. The van der Waals surface area contributed by atoms with Crippen LogP contribution in [0.4, 0.5) is 0 Å². The minimum Gasteiger partial charge on any atom is -0.145 e. The Bertz CT molecular complexity index is 128. The van der Waals surface area contributed by atoms with E-state index in [1.54, 1.807) is 0 Å². The minimum absolute atomic E-state index is 0.239. The molecule has 3 heteroatoms. The summed E-state index contributed by atoms with van der Waals surface area (Å²) < 4.78 is 15.6. The standard InChI is InChI=1S/C11H24O2P/c1-3-5-7-8-10-11(13-14-12)9-6-4-2/h11,14H,3-10H2,1-2H3/q+1. The van der Waals surface area contributed by atoms with Crippen molar-refractivity contribution in [3.8, 4) is 0 Å². The Morgan fingerprint density at radius 3 is 2.21 bits per heavy atom. The molecule has 2 nitrogen and oxygen atoms in total. The SMILES string of the molecule is CCCCCCC(CCCC)O[PH+]=O. The Hall–Kier alpha value is 0.0600. The van der Waals surface area contributed by atoms with Gasteiger partial charge in [0.2, 0.25) is 0 Å². The Labute approximate surface area is 89.7 Å². The van der Waals surface area contributed by atoms with Crippen molar-refractivity contribution in [1.82, 2.24) is 0 Å². The normalized spacial score (nSPS) is 13.3. The molecule has 0 aliphatic rings. The van der Waals surface area contributed by atoms with Gasteiger partial charge in [0.15, 0.2) is 0 Å². The number of rotatable bonds is 10. The minimum atomic E-state index is -0.588. The van der Waals surface area contributed by atoms with Crippen LogP contribution in [0.15, 0.2) is 0 Å². The van der Waals surface area contributed by atoms with Crippen LogP contribution < -0.4 is 0 Å². The van der Waals surface area contributed by atoms with Crippen molar-refractivity contribution >= 4 is 8.69 Å². The molecule has 2 atom stereocenters. The summed E-state index contributed by atoms with van der Waals surface area (Å²) in [5.74, 6) is 0. The fourth-order valence-electron chi connectivity index (χ4n) is 1.56. The van der Waals surface area contributed by atoms with Crippen molar-refractivity contribution in [1.29, 1.82) is 0 Å². The molecule has 0 amide bonds. The number of hydrogen-bond acceptors (Lipinski definition) is 2. The van der Waals surface area contributed by atoms with Gasteiger partial charge < -0.3 is 0 Å². The van der Waals surface area contributed by atoms with Gasteiger partial charge in [0.25, 0.3) is 0 Å². The van der Waals surface area contributed by atoms with Crippen LogP contribution in [-0.2, 0) is 9.09 Å². The first-order chi connectivity index (χ1) is 6.85. The van der Waals surface area contributed by atoms with Gasteiger partial charge in [-0.25, -0.2) is 0 Å². The Morgan fingerprint density at radius 1 is 1.00 bits per heavy atom. The maximum absolute atomic E-state index is 10.4. The Kier molecular flexibility index (Phi) is 11.2. The van der Waals surface area contributed by atoms with E-state index in [1.807, 2.05) is 0 Å². The number of unbranched alkanes of at least 4 members (excludes halogenated alkanes) is 4. The molecule has 0 aliphatic carbocycles. The Morgan fingerprint density at radius 2 is 1.64 bits per heavy atom. The van der Waals surface area contributed by atoms with Crippen LogP contribution in [0.2, 0.25) is 0 Å². The van der Waals surface area contributed by atoms with Crippen LogP contribution >= 0.6 is 8.69 Å². The molecule has 0 aromatic rings. The predicted octanol–water partition coefficient (Wildman–Crippen LogP) is 4.47. The van der Waals surface area contributed by atoms with E-state index in [4.69, 9.17) is 4.52 Å². The first-order valence-corrected chi connectivity index (χ1v) is 6.69. The van der Waals surface area contributed by atoms with E-state index in [1.165, 1.54) is 38.5 Å². The molecule has 0 saturated heterocycles. The molecule has 0 aromatic carbocycles. The summed E-state index contributed by atoms with van der Waals surface area (Å²) in [5, 5.41) is 0. The monoisotopic (exact) mass is 219 g/mol. The number of hydrogen-bond donors (Lipinski definition) is 0. The zero-order chi connectivity index (χ0) is 10.6. The van der Waals surface area contributed by atoms with Gasteiger partial charge in [0, 0.05) is 0 Å².